The molecule has 194 valence electrons. The summed E-state index contributed by atoms with van der Waals surface area (Å²) in [6.07, 6.45) is 9.48. The largest absolute Gasteiger partial charge is 0.369 e. The molecule has 1 unspecified atom stereocenters. The second kappa shape index (κ2) is 16.0. The van der Waals surface area contributed by atoms with Crippen molar-refractivity contribution in [2.24, 2.45) is 0 Å². The Morgan fingerprint density at radius 2 is 1.83 bits per heavy atom. The van der Waals surface area contributed by atoms with Crippen LogP contribution in [0.1, 0.15) is 61.9 Å². The summed E-state index contributed by atoms with van der Waals surface area (Å²) in [4.78, 5) is 49.1. The first kappa shape index (κ1) is 28.4. The molecule has 0 aliphatic carbocycles. The third-order valence-corrected chi connectivity index (χ3v) is 5.48. The van der Waals surface area contributed by atoms with Gasteiger partial charge in [0.25, 0.3) is 5.91 Å². The molecule has 2 amide bonds. The Morgan fingerprint density at radius 1 is 1.06 bits per heavy atom. The fourth-order valence-corrected chi connectivity index (χ4v) is 3.35. The van der Waals surface area contributed by atoms with Gasteiger partial charge in [-0.2, -0.15) is 4.98 Å². The molecule has 0 bridgehead atoms. The van der Waals surface area contributed by atoms with Crippen molar-refractivity contribution in [1.82, 2.24) is 25.6 Å². The molecule has 0 radical (unpaired) electrons. The minimum Gasteiger partial charge on any atom is -0.369 e. The van der Waals surface area contributed by atoms with Gasteiger partial charge in [0.05, 0.1) is 0 Å². The number of carbonyl (C=O) groups is 3. The van der Waals surface area contributed by atoms with E-state index in [2.05, 4.69) is 42.8 Å². The minimum atomic E-state index is -0.283. The Hall–Kier alpha value is -3.82. The molecule has 0 aromatic carbocycles. The number of rotatable bonds is 17. The Morgan fingerprint density at radius 3 is 2.53 bits per heavy atom. The quantitative estimate of drug-likeness (QED) is 0.246. The van der Waals surface area contributed by atoms with Gasteiger partial charge in [0, 0.05) is 57.1 Å². The number of anilines is 2. The van der Waals surface area contributed by atoms with Crippen molar-refractivity contribution in [3.05, 3.63) is 54.5 Å². The first-order valence-electron chi connectivity index (χ1n) is 12.4. The molecule has 10 heteroatoms. The van der Waals surface area contributed by atoms with Gasteiger partial charge >= 0.3 is 0 Å². The zero-order valence-electron chi connectivity index (χ0n) is 21.2. The van der Waals surface area contributed by atoms with Crippen LogP contribution in [0, 0.1) is 0 Å². The maximum absolute atomic E-state index is 12.8. The summed E-state index contributed by atoms with van der Waals surface area (Å²) >= 11 is 0. The average molecular weight is 496 g/mol. The van der Waals surface area contributed by atoms with Gasteiger partial charge < -0.3 is 21.3 Å². The van der Waals surface area contributed by atoms with E-state index in [0.717, 1.165) is 18.4 Å². The lowest BCUT2D eigenvalue weighted by molar-refractivity contribution is -0.124. The van der Waals surface area contributed by atoms with Crippen molar-refractivity contribution in [2.45, 2.75) is 58.4 Å². The standard InChI is InChI=1S/C26H37N7O3/c1-4-13-28-24-22(18-31-26(33-24)30-16-11-19-9-14-27-15-10-19)25(36)29-17-12-20(5-2)32-23(35)8-7-21(34)6-3/h6,9-10,14-15,18,20H,3-5,7-8,11-13,16-17H2,1-2H3,(H,29,36)(H,32,35)(H2,28,30,31,33). The second-order valence-electron chi connectivity index (χ2n) is 8.30. The number of pyridine rings is 1. The molecular weight excluding hydrogens is 458 g/mol. The number of amides is 2. The molecule has 0 saturated carbocycles. The van der Waals surface area contributed by atoms with Crippen LogP contribution in [0.4, 0.5) is 11.8 Å². The van der Waals surface area contributed by atoms with E-state index in [1.54, 1.807) is 12.4 Å². The van der Waals surface area contributed by atoms with Crippen LogP contribution in [-0.2, 0) is 16.0 Å². The molecule has 2 rings (SSSR count). The van der Waals surface area contributed by atoms with Gasteiger partial charge in [-0.3, -0.25) is 19.4 Å². The van der Waals surface area contributed by atoms with Crippen molar-refractivity contribution >= 4 is 29.4 Å². The molecule has 0 spiro atoms. The summed E-state index contributed by atoms with van der Waals surface area (Å²) in [6.45, 7) is 9.10. The SMILES string of the molecule is C=CC(=O)CCC(=O)NC(CC)CCNC(=O)c1cnc(NCCc2ccncc2)nc1NCCC. The summed E-state index contributed by atoms with van der Waals surface area (Å²) in [5.41, 5.74) is 1.52. The first-order chi connectivity index (χ1) is 17.5. The first-order valence-corrected chi connectivity index (χ1v) is 12.4. The molecule has 2 aromatic rings. The number of allylic oxidation sites excluding steroid dienone is 1. The molecule has 36 heavy (non-hydrogen) atoms. The molecular formula is C26H37N7O3. The van der Waals surface area contributed by atoms with Crippen LogP contribution in [0.5, 0.6) is 0 Å². The number of aromatic nitrogens is 3. The number of carbonyl (C=O) groups excluding carboxylic acids is 3. The zero-order chi connectivity index (χ0) is 26.2. The smallest absolute Gasteiger partial charge is 0.256 e. The zero-order valence-corrected chi connectivity index (χ0v) is 21.2. The van der Waals surface area contributed by atoms with E-state index in [1.165, 1.54) is 12.3 Å². The fraction of sp³-hybridized carbons (Fsp3) is 0.462. The summed E-state index contributed by atoms with van der Waals surface area (Å²) in [6, 6.07) is 3.82. The lowest BCUT2D eigenvalue weighted by Gasteiger charge is -2.18. The van der Waals surface area contributed by atoms with E-state index >= 15 is 0 Å². The predicted octanol–water partition coefficient (Wildman–Crippen LogP) is 2.90. The van der Waals surface area contributed by atoms with Gasteiger partial charge in [-0.25, -0.2) is 4.98 Å². The average Bonchev–Trinajstić information content (AvgIpc) is 2.90. The number of hydrogen-bond acceptors (Lipinski definition) is 8. The van der Waals surface area contributed by atoms with Gasteiger partial charge in [-0.1, -0.05) is 20.4 Å². The van der Waals surface area contributed by atoms with Crippen LogP contribution in [0.3, 0.4) is 0 Å². The summed E-state index contributed by atoms with van der Waals surface area (Å²) in [7, 11) is 0. The summed E-state index contributed by atoms with van der Waals surface area (Å²) in [5.74, 6) is 0.297. The number of ketones is 1. The van der Waals surface area contributed by atoms with Crippen LogP contribution in [-0.4, -0.2) is 58.2 Å². The Kier molecular flexibility index (Phi) is 12.6. The Labute approximate surface area is 212 Å². The molecule has 1 atom stereocenters. The van der Waals surface area contributed by atoms with E-state index < -0.39 is 0 Å². The molecule has 0 saturated heterocycles. The monoisotopic (exact) mass is 495 g/mol. The minimum absolute atomic E-state index is 0.0995. The van der Waals surface area contributed by atoms with Crippen molar-refractivity contribution in [1.29, 1.82) is 0 Å². The van der Waals surface area contributed by atoms with Crippen LogP contribution in [0.2, 0.25) is 0 Å². The van der Waals surface area contributed by atoms with Crippen molar-refractivity contribution in [3.8, 4) is 0 Å². The molecule has 0 fully saturated rings. The van der Waals surface area contributed by atoms with Crippen LogP contribution in [0.15, 0.2) is 43.4 Å². The maximum Gasteiger partial charge on any atom is 0.256 e. The van der Waals surface area contributed by atoms with Crippen molar-refractivity contribution < 1.29 is 14.4 Å². The molecule has 2 heterocycles. The number of nitrogens with zero attached hydrogens (tertiary/aromatic N) is 3. The highest BCUT2D eigenvalue weighted by atomic mass is 16.2. The van der Waals surface area contributed by atoms with Gasteiger partial charge in [-0.05, 0) is 49.5 Å². The maximum atomic E-state index is 12.8. The van der Waals surface area contributed by atoms with Crippen LogP contribution >= 0.6 is 0 Å². The van der Waals surface area contributed by atoms with E-state index in [0.29, 0.717) is 49.8 Å². The third-order valence-electron chi connectivity index (χ3n) is 5.48. The summed E-state index contributed by atoms with van der Waals surface area (Å²) in [5, 5.41) is 12.2. The van der Waals surface area contributed by atoms with Gasteiger partial charge in [0.15, 0.2) is 5.78 Å². The lowest BCUT2D eigenvalue weighted by atomic mass is 10.1. The molecule has 4 N–H and O–H groups in total. The number of nitrogens with one attached hydrogen (secondary N) is 4. The predicted molar refractivity (Wildman–Crippen MR) is 141 cm³/mol. The van der Waals surface area contributed by atoms with Gasteiger partial charge in [-0.15, -0.1) is 0 Å². The molecule has 10 nitrogen and oxygen atoms in total. The molecule has 0 aliphatic rings. The number of hydrogen-bond donors (Lipinski definition) is 4. The lowest BCUT2D eigenvalue weighted by Crippen LogP contribution is -2.37. The van der Waals surface area contributed by atoms with Gasteiger partial charge in [0.2, 0.25) is 11.9 Å². The van der Waals surface area contributed by atoms with Crippen LogP contribution in [0.25, 0.3) is 0 Å². The van der Waals surface area contributed by atoms with Crippen molar-refractivity contribution in [3.63, 3.8) is 0 Å². The van der Waals surface area contributed by atoms with Crippen LogP contribution < -0.4 is 21.3 Å². The molecule has 2 aromatic heterocycles. The topological polar surface area (TPSA) is 138 Å². The third kappa shape index (κ3) is 10.2. The van der Waals surface area contributed by atoms with E-state index in [9.17, 15) is 14.4 Å². The highest BCUT2D eigenvalue weighted by Gasteiger charge is 2.16. The molecule has 0 aliphatic heterocycles. The Bertz CT molecular complexity index is 998. The fourth-order valence-electron chi connectivity index (χ4n) is 3.35. The highest BCUT2D eigenvalue weighted by molar-refractivity contribution is 5.98. The van der Waals surface area contributed by atoms with Crippen molar-refractivity contribution in [2.75, 3.05) is 30.3 Å². The second-order valence-corrected chi connectivity index (χ2v) is 8.30. The normalized spacial score (nSPS) is 11.3. The highest BCUT2D eigenvalue weighted by Crippen LogP contribution is 2.14. The summed E-state index contributed by atoms with van der Waals surface area (Å²) < 4.78 is 0. The van der Waals surface area contributed by atoms with E-state index in [4.69, 9.17) is 0 Å². The van der Waals surface area contributed by atoms with Gasteiger partial charge in [0.1, 0.15) is 11.4 Å². The van der Waals surface area contributed by atoms with E-state index in [1.807, 2.05) is 26.0 Å². The Balaban J connectivity index is 1.89. The van der Waals surface area contributed by atoms with E-state index in [-0.39, 0.29) is 36.5 Å².